The number of thioether (sulfide) groups is 1. The fraction of sp³-hybridized carbons (Fsp3) is 0.533. The molecule has 1 saturated carbocycles. The molecule has 3 unspecified atom stereocenters. The Hall–Kier alpha value is -1.20. The van der Waals surface area contributed by atoms with E-state index in [1.807, 2.05) is 18.2 Å². The van der Waals surface area contributed by atoms with Crippen molar-refractivity contribution in [1.29, 1.82) is 0 Å². The minimum atomic E-state index is -0.718. The smallest absolute Gasteiger partial charge is 0.315 e. The predicted molar refractivity (Wildman–Crippen MR) is 81.0 cm³/mol. The van der Waals surface area contributed by atoms with Gasteiger partial charge in [-0.1, -0.05) is 30.3 Å². The summed E-state index contributed by atoms with van der Waals surface area (Å²) in [6.07, 6.45) is 1.76. The van der Waals surface area contributed by atoms with E-state index in [2.05, 4.69) is 22.8 Å². The van der Waals surface area contributed by atoms with Gasteiger partial charge < -0.3 is 15.7 Å². The van der Waals surface area contributed by atoms with Crippen molar-refractivity contribution in [2.75, 3.05) is 18.1 Å². The molecule has 1 heterocycles. The van der Waals surface area contributed by atoms with Crippen molar-refractivity contribution in [3.8, 4) is 0 Å². The van der Waals surface area contributed by atoms with Crippen molar-refractivity contribution in [3.63, 3.8) is 0 Å². The summed E-state index contributed by atoms with van der Waals surface area (Å²) in [5, 5.41) is 15.9. The van der Waals surface area contributed by atoms with Crippen molar-refractivity contribution >= 4 is 17.8 Å². The molecule has 3 atom stereocenters. The van der Waals surface area contributed by atoms with Gasteiger partial charge in [0.25, 0.3) is 0 Å². The molecule has 1 aromatic carbocycles. The zero-order valence-corrected chi connectivity index (χ0v) is 12.2. The molecule has 0 bridgehead atoms. The van der Waals surface area contributed by atoms with Crippen LogP contribution in [0.15, 0.2) is 30.3 Å². The summed E-state index contributed by atoms with van der Waals surface area (Å²) in [7, 11) is 0. The molecule has 1 aliphatic carbocycles. The van der Waals surface area contributed by atoms with E-state index in [4.69, 9.17) is 0 Å². The van der Waals surface area contributed by atoms with E-state index in [-0.39, 0.29) is 12.1 Å². The van der Waals surface area contributed by atoms with E-state index in [1.165, 1.54) is 5.56 Å². The molecule has 1 saturated heterocycles. The number of carbonyl (C=O) groups is 1. The standard InChI is InChI=1S/C15H20N2O2S/c18-14(16-9-15(19)6-7-20-10-15)17-13-8-12(13)11-4-2-1-3-5-11/h1-5,12-13,19H,6-10H2,(H2,16,17,18). The Balaban J connectivity index is 1.42. The van der Waals surface area contributed by atoms with Crippen LogP contribution in [0.25, 0.3) is 0 Å². The Labute approximate surface area is 123 Å². The van der Waals surface area contributed by atoms with E-state index in [0.29, 0.717) is 18.2 Å². The monoisotopic (exact) mass is 292 g/mol. The van der Waals surface area contributed by atoms with Crippen molar-refractivity contribution in [3.05, 3.63) is 35.9 Å². The summed E-state index contributed by atoms with van der Waals surface area (Å²) in [5.74, 6) is 2.12. The molecule has 2 fully saturated rings. The van der Waals surface area contributed by atoms with Gasteiger partial charge >= 0.3 is 6.03 Å². The van der Waals surface area contributed by atoms with Crippen molar-refractivity contribution in [2.45, 2.75) is 30.4 Å². The fourth-order valence-corrected chi connectivity index (χ4v) is 3.92. The molecular formula is C15H20N2O2S. The van der Waals surface area contributed by atoms with Crippen LogP contribution >= 0.6 is 11.8 Å². The average Bonchev–Trinajstić information content (AvgIpc) is 3.09. The normalized spacial score (nSPS) is 31.9. The van der Waals surface area contributed by atoms with E-state index >= 15 is 0 Å². The summed E-state index contributed by atoms with van der Waals surface area (Å²) >= 11 is 1.73. The molecule has 4 nitrogen and oxygen atoms in total. The first kappa shape index (κ1) is 13.8. The topological polar surface area (TPSA) is 61.4 Å². The Kier molecular flexibility index (Phi) is 3.89. The third kappa shape index (κ3) is 3.27. The molecule has 0 spiro atoms. The molecule has 2 amide bonds. The number of nitrogens with one attached hydrogen (secondary N) is 2. The second kappa shape index (κ2) is 5.66. The van der Waals surface area contributed by atoms with Gasteiger partial charge in [0, 0.05) is 24.3 Å². The Morgan fingerprint density at radius 3 is 2.90 bits per heavy atom. The average molecular weight is 292 g/mol. The van der Waals surface area contributed by atoms with Crippen LogP contribution in [-0.2, 0) is 0 Å². The Morgan fingerprint density at radius 2 is 2.20 bits per heavy atom. The molecule has 108 valence electrons. The lowest BCUT2D eigenvalue weighted by molar-refractivity contribution is 0.0700. The van der Waals surface area contributed by atoms with Crippen molar-refractivity contribution in [1.82, 2.24) is 10.6 Å². The molecule has 20 heavy (non-hydrogen) atoms. The largest absolute Gasteiger partial charge is 0.387 e. The molecule has 3 rings (SSSR count). The van der Waals surface area contributed by atoms with Gasteiger partial charge in [-0.3, -0.25) is 0 Å². The molecule has 2 aliphatic rings. The number of amides is 2. The summed E-state index contributed by atoms with van der Waals surface area (Å²) in [6.45, 7) is 0.342. The van der Waals surface area contributed by atoms with Gasteiger partial charge in [0.15, 0.2) is 0 Å². The maximum absolute atomic E-state index is 11.8. The summed E-state index contributed by atoms with van der Waals surface area (Å²) in [5.41, 5.74) is 0.563. The van der Waals surface area contributed by atoms with Crippen LogP contribution in [0.1, 0.15) is 24.3 Å². The third-order valence-corrected chi connectivity index (χ3v) is 5.23. The second-order valence-corrected chi connectivity index (χ2v) is 6.82. The van der Waals surface area contributed by atoms with Crippen molar-refractivity contribution in [2.24, 2.45) is 0 Å². The first-order valence-electron chi connectivity index (χ1n) is 7.06. The molecule has 5 heteroatoms. The first-order chi connectivity index (χ1) is 9.66. The van der Waals surface area contributed by atoms with Gasteiger partial charge in [0.2, 0.25) is 0 Å². The lowest BCUT2D eigenvalue weighted by Crippen LogP contribution is -2.47. The number of carbonyl (C=O) groups excluding carboxylic acids is 1. The third-order valence-electron chi connectivity index (χ3n) is 4.00. The van der Waals surface area contributed by atoms with Crippen LogP contribution in [0.2, 0.25) is 0 Å². The van der Waals surface area contributed by atoms with E-state index in [1.54, 1.807) is 11.8 Å². The maximum Gasteiger partial charge on any atom is 0.315 e. The highest BCUT2D eigenvalue weighted by Crippen LogP contribution is 2.40. The van der Waals surface area contributed by atoms with E-state index in [9.17, 15) is 9.90 Å². The minimum Gasteiger partial charge on any atom is -0.387 e. The second-order valence-electron chi connectivity index (χ2n) is 5.71. The van der Waals surface area contributed by atoms with Gasteiger partial charge in [0.1, 0.15) is 0 Å². The molecule has 3 N–H and O–H groups in total. The Bertz CT molecular complexity index is 474. The zero-order chi connectivity index (χ0) is 14.0. The zero-order valence-electron chi connectivity index (χ0n) is 11.3. The van der Waals surface area contributed by atoms with Crippen LogP contribution in [0.5, 0.6) is 0 Å². The minimum absolute atomic E-state index is 0.168. The molecule has 1 aliphatic heterocycles. The van der Waals surface area contributed by atoms with E-state index in [0.717, 1.165) is 18.6 Å². The highest BCUT2D eigenvalue weighted by molar-refractivity contribution is 7.99. The molecule has 0 radical (unpaired) electrons. The molecular weight excluding hydrogens is 272 g/mol. The number of benzene rings is 1. The highest BCUT2D eigenvalue weighted by atomic mass is 32.2. The number of rotatable bonds is 4. The summed E-state index contributed by atoms with van der Waals surface area (Å²) < 4.78 is 0. The van der Waals surface area contributed by atoms with Crippen LogP contribution in [0, 0.1) is 0 Å². The number of urea groups is 1. The number of hydrogen-bond donors (Lipinski definition) is 3. The highest BCUT2D eigenvalue weighted by Gasteiger charge is 2.39. The van der Waals surface area contributed by atoms with Gasteiger partial charge in [0.05, 0.1) is 5.60 Å². The van der Waals surface area contributed by atoms with Crippen LogP contribution in [-0.4, -0.2) is 40.8 Å². The van der Waals surface area contributed by atoms with Gasteiger partial charge in [-0.25, -0.2) is 4.79 Å². The van der Waals surface area contributed by atoms with E-state index < -0.39 is 5.60 Å². The van der Waals surface area contributed by atoms with Crippen LogP contribution in [0.3, 0.4) is 0 Å². The SMILES string of the molecule is O=C(NCC1(O)CCSC1)NC1CC1c1ccccc1. The van der Waals surface area contributed by atoms with Gasteiger partial charge in [-0.2, -0.15) is 11.8 Å². The summed E-state index contributed by atoms with van der Waals surface area (Å²) in [6, 6.07) is 10.3. The maximum atomic E-state index is 11.8. The van der Waals surface area contributed by atoms with Gasteiger partial charge in [-0.15, -0.1) is 0 Å². The predicted octanol–water partition coefficient (Wildman–Crippen LogP) is 1.71. The Morgan fingerprint density at radius 1 is 1.40 bits per heavy atom. The van der Waals surface area contributed by atoms with Crippen molar-refractivity contribution < 1.29 is 9.90 Å². The first-order valence-corrected chi connectivity index (χ1v) is 8.21. The fourth-order valence-electron chi connectivity index (χ4n) is 2.62. The lowest BCUT2D eigenvalue weighted by atomic mass is 10.0. The quantitative estimate of drug-likeness (QED) is 0.792. The number of aliphatic hydroxyl groups is 1. The summed E-state index contributed by atoms with van der Waals surface area (Å²) in [4.78, 5) is 11.8. The van der Waals surface area contributed by atoms with Crippen LogP contribution in [0.4, 0.5) is 4.79 Å². The number of hydrogen-bond acceptors (Lipinski definition) is 3. The van der Waals surface area contributed by atoms with Crippen LogP contribution < -0.4 is 10.6 Å². The molecule has 0 aromatic heterocycles. The van der Waals surface area contributed by atoms with Gasteiger partial charge in [-0.05, 0) is 24.2 Å². The lowest BCUT2D eigenvalue weighted by Gasteiger charge is -2.21. The molecule has 1 aromatic rings.